The Balaban J connectivity index is 1.90. The van der Waals surface area contributed by atoms with E-state index in [0.29, 0.717) is 19.6 Å². The average molecular weight is 332 g/mol. The normalized spacial score (nSPS) is 10.7. The molecule has 0 radical (unpaired) electrons. The van der Waals surface area contributed by atoms with Crippen molar-refractivity contribution >= 4 is 6.03 Å². The van der Waals surface area contributed by atoms with E-state index < -0.39 is 0 Å². The topological polar surface area (TPSA) is 50.2 Å². The van der Waals surface area contributed by atoms with Crippen LogP contribution in [-0.4, -0.2) is 33.8 Å². The van der Waals surface area contributed by atoms with Crippen LogP contribution < -0.4 is 5.32 Å². The van der Waals surface area contributed by atoms with Crippen LogP contribution in [0.2, 0.25) is 0 Å². The van der Waals surface area contributed by atoms with Crippen molar-refractivity contribution in [2.45, 2.75) is 33.7 Å². The molecule has 6 heteroatoms. The van der Waals surface area contributed by atoms with Gasteiger partial charge < -0.3 is 10.2 Å². The number of aromatic nitrogens is 2. The zero-order valence-corrected chi connectivity index (χ0v) is 14.8. The Kier molecular flexibility index (Phi) is 5.95. The van der Waals surface area contributed by atoms with E-state index in [1.165, 1.54) is 17.7 Å². The van der Waals surface area contributed by atoms with Gasteiger partial charge in [0.2, 0.25) is 0 Å². The number of nitrogens with one attached hydrogen (secondary N) is 1. The van der Waals surface area contributed by atoms with E-state index >= 15 is 0 Å². The predicted octanol–water partition coefficient (Wildman–Crippen LogP) is 2.95. The number of carbonyl (C=O) groups excluding carboxylic acids is 1. The first kappa shape index (κ1) is 18.0. The van der Waals surface area contributed by atoms with Gasteiger partial charge in [-0.15, -0.1) is 0 Å². The van der Waals surface area contributed by atoms with Crippen molar-refractivity contribution in [3.05, 3.63) is 52.6 Å². The van der Waals surface area contributed by atoms with Crippen LogP contribution in [0.5, 0.6) is 0 Å². The SMILES string of the molecule is CCN(Cc1cccc(F)c1)C(=O)NCCc1c(C)nn(C)c1C. The summed E-state index contributed by atoms with van der Waals surface area (Å²) in [7, 11) is 1.92. The molecule has 2 amide bonds. The first-order chi connectivity index (χ1) is 11.4. The highest BCUT2D eigenvalue weighted by Gasteiger charge is 2.13. The summed E-state index contributed by atoms with van der Waals surface area (Å²) >= 11 is 0. The van der Waals surface area contributed by atoms with E-state index in [9.17, 15) is 9.18 Å². The fraction of sp³-hybridized carbons (Fsp3) is 0.444. The minimum absolute atomic E-state index is 0.138. The van der Waals surface area contributed by atoms with E-state index in [1.807, 2.05) is 38.6 Å². The zero-order chi connectivity index (χ0) is 17.7. The van der Waals surface area contributed by atoms with Crippen molar-refractivity contribution in [2.75, 3.05) is 13.1 Å². The van der Waals surface area contributed by atoms with Gasteiger partial charge in [-0.2, -0.15) is 5.10 Å². The fourth-order valence-corrected chi connectivity index (χ4v) is 2.77. The van der Waals surface area contributed by atoms with Gasteiger partial charge in [0.05, 0.1) is 5.69 Å². The molecular weight excluding hydrogens is 307 g/mol. The Morgan fingerprint density at radius 3 is 2.71 bits per heavy atom. The molecule has 1 heterocycles. The number of urea groups is 1. The lowest BCUT2D eigenvalue weighted by molar-refractivity contribution is 0.198. The molecule has 0 spiro atoms. The van der Waals surface area contributed by atoms with Gasteiger partial charge in [0.1, 0.15) is 5.82 Å². The van der Waals surface area contributed by atoms with E-state index in [2.05, 4.69) is 10.4 Å². The average Bonchev–Trinajstić information content (AvgIpc) is 2.78. The third-order valence-corrected chi connectivity index (χ3v) is 4.24. The number of nitrogens with zero attached hydrogens (tertiary/aromatic N) is 3. The monoisotopic (exact) mass is 332 g/mol. The Morgan fingerprint density at radius 1 is 1.38 bits per heavy atom. The fourth-order valence-electron chi connectivity index (χ4n) is 2.77. The molecular formula is C18H25FN4O. The Labute approximate surface area is 142 Å². The van der Waals surface area contributed by atoms with Crippen molar-refractivity contribution in [2.24, 2.45) is 7.05 Å². The smallest absolute Gasteiger partial charge is 0.317 e. The van der Waals surface area contributed by atoms with Crippen molar-refractivity contribution < 1.29 is 9.18 Å². The molecule has 0 saturated carbocycles. The Bertz CT molecular complexity index is 711. The third kappa shape index (κ3) is 4.34. The van der Waals surface area contributed by atoms with Crippen LogP contribution in [0.4, 0.5) is 9.18 Å². The number of hydrogen-bond acceptors (Lipinski definition) is 2. The number of halogens is 1. The van der Waals surface area contributed by atoms with Gasteiger partial charge in [0, 0.05) is 32.4 Å². The van der Waals surface area contributed by atoms with Gasteiger partial charge in [0.15, 0.2) is 0 Å². The maximum atomic E-state index is 13.3. The number of hydrogen-bond donors (Lipinski definition) is 1. The van der Waals surface area contributed by atoms with Crippen LogP contribution in [0.25, 0.3) is 0 Å². The number of benzene rings is 1. The van der Waals surface area contributed by atoms with Gasteiger partial charge in [-0.05, 0) is 50.5 Å². The summed E-state index contributed by atoms with van der Waals surface area (Å²) in [5.74, 6) is -0.286. The molecule has 0 bridgehead atoms. The molecule has 1 N–H and O–H groups in total. The number of rotatable bonds is 6. The lowest BCUT2D eigenvalue weighted by atomic mass is 10.1. The standard InChI is InChI=1S/C18H25FN4O/c1-5-23(12-15-7-6-8-16(19)11-15)18(24)20-10-9-17-13(2)21-22(4)14(17)3/h6-8,11H,5,9-10,12H2,1-4H3,(H,20,24). The zero-order valence-electron chi connectivity index (χ0n) is 14.8. The number of aryl methyl sites for hydroxylation is 2. The van der Waals surface area contributed by atoms with Crippen LogP contribution in [0, 0.1) is 19.7 Å². The van der Waals surface area contributed by atoms with Gasteiger partial charge in [0.25, 0.3) is 0 Å². The third-order valence-electron chi connectivity index (χ3n) is 4.24. The van der Waals surface area contributed by atoms with Crippen molar-refractivity contribution in [3.63, 3.8) is 0 Å². The molecule has 1 aromatic carbocycles. The van der Waals surface area contributed by atoms with E-state index in [4.69, 9.17) is 0 Å². The van der Waals surface area contributed by atoms with Gasteiger partial charge in [-0.25, -0.2) is 9.18 Å². The quantitative estimate of drug-likeness (QED) is 0.884. The summed E-state index contributed by atoms with van der Waals surface area (Å²) in [6.45, 7) is 7.42. The van der Waals surface area contributed by atoms with Gasteiger partial charge in [-0.3, -0.25) is 4.68 Å². The van der Waals surface area contributed by atoms with E-state index in [1.54, 1.807) is 11.0 Å². The summed E-state index contributed by atoms with van der Waals surface area (Å²) in [6, 6.07) is 6.20. The summed E-state index contributed by atoms with van der Waals surface area (Å²) < 4.78 is 15.1. The molecule has 0 unspecified atom stereocenters. The van der Waals surface area contributed by atoms with Crippen LogP contribution >= 0.6 is 0 Å². The maximum Gasteiger partial charge on any atom is 0.317 e. The highest BCUT2D eigenvalue weighted by Crippen LogP contribution is 2.12. The van der Waals surface area contributed by atoms with Crippen molar-refractivity contribution in [3.8, 4) is 0 Å². The molecule has 1 aromatic heterocycles. The van der Waals surface area contributed by atoms with E-state index in [-0.39, 0.29) is 11.8 Å². The highest BCUT2D eigenvalue weighted by atomic mass is 19.1. The minimum Gasteiger partial charge on any atom is -0.338 e. The van der Waals surface area contributed by atoms with Crippen LogP contribution in [0.3, 0.4) is 0 Å². The first-order valence-electron chi connectivity index (χ1n) is 8.18. The summed E-state index contributed by atoms with van der Waals surface area (Å²) in [6.07, 6.45) is 0.745. The molecule has 130 valence electrons. The largest absolute Gasteiger partial charge is 0.338 e. The summed E-state index contributed by atoms with van der Waals surface area (Å²) in [5, 5.41) is 7.32. The Hall–Kier alpha value is -2.37. The van der Waals surface area contributed by atoms with E-state index in [0.717, 1.165) is 23.4 Å². The molecule has 5 nitrogen and oxygen atoms in total. The van der Waals surface area contributed by atoms with Gasteiger partial charge in [-0.1, -0.05) is 12.1 Å². The highest BCUT2D eigenvalue weighted by molar-refractivity contribution is 5.74. The minimum atomic E-state index is -0.286. The Morgan fingerprint density at radius 2 is 2.12 bits per heavy atom. The second-order valence-electron chi connectivity index (χ2n) is 5.90. The lowest BCUT2D eigenvalue weighted by Crippen LogP contribution is -2.40. The maximum absolute atomic E-state index is 13.3. The molecule has 2 aromatic rings. The molecule has 0 saturated heterocycles. The first-order valence-corrected chi connectivity index (χ1v) is 8.18. The number of amides is 2. The molecule has 0 aliphatic heterocycles. The summed E-state index contributed by atoms with van der Waals surface area (Å²) in [4.78, 5) is 14.0. The van der Waals surface area contributed by atoms with Crippen molar-refractivity contribution in [1.82, 2.24) is 20.0 Å². The van der Waals surface area contributed by atoms with Crippen LogP contribution in [0.1, 0.15) is 29.4 Å². The predicted molar refractivity (Wildman–Crippen MR) is 92.3 cm³/mol. The van der Waals surface area contributed by atoms with Gasteiger partial charge >= 0.3 is 6.03 Å². The number of carbonyl (C=O) groups is 1. The summed E-state index contributed by atoms with van der Waals surface area (Å²) in [5.41, 5.74) is 4.07. The molecule has 0 atom stereocenters. The molecule has 0 fully saturated rings. The molecule has 2 rings (SSSR count). The molecule has 24 heavy (non-hydrogen) atoms. The van der Waals surface area contributed by atoms with Crippen LogP contribution in [0.15, 0.2) is 24.3 Å². The second kappa shape index (κ2) is 7.95. The van der Waals surface area contributed by atoms with Crippen LogP contribution in [-0.2, 0) is 20.0 Å². The molecule has 0 aliphatic rings. The van der Waals surface area contributed by atoms with Crippen molar-refractivity contribution in [1.29, 1.82) is 0 Å². The second-order valence-corrected chi connectivity index (χ2v) is 5.90. The molecule has 0 aliphatic carbocycles. The lowest BCUT2D eigenvalue weighted by Gasteiger charge is -2.21.